The quantitative estimate of drug-likeness (QED) is 0.866. The van der Waals surface area contributed by atoms with Crippen LogP contribution in [0.3, 0.4) is 0 Å². The summed E-state index contributed by atoms with van der Waals surface area (Å²) in [6, 6.07) is 10.4. The minimum atomic E-state index is -0.475. The molecule has 2 aromatic rings. The van der Waals surface area contributed by atoms with Crippen LogP contribution in [-0.2, 0) is 4.79 Å². The Kier molecular flexibility index (Phi) is 4.09. The van der Waals surface area contributed by atoms with Crippen LogP contribution in [0.5, 0.6) is 0 Å². The number of anilines is 1. The monoisotopic (exact) mass is 365 g/mol. The Morgan fingerprint density at radius 2 is 2.08 bits per heavy atom. The van der Waals surface area contributed by atoms with Gasteiger partial charge in [-0.2, -0.15) is 16.6 Å². The highest BCUT2D eigenvalue weighted by molar-refractivity contribution is 7.08. The molecule has 0 amide bonds. The van der Waals surface area contributed by atoms with Gasteiger partial charge >= 0.3 is 0 Å². The molecular weight excluding hydrogens is 349 g/mol. The molecule has 4 nitrogen and oxygen atoms in total. The van der Waals surface area contributed by atoms with Crippen molar-refractivity contribution in [3.63, 3.8) is 0 Å². The fourth-order valence-electron chi connectivity index (χ4n) is 3.77. The lowest BCUT2D eigenvalue weighted by molar-refractivity contribution is -0.116. The van der Waals surface area contributed by atoms with E-state index in [9.17, 15) is 14.4 Å². The molecule has 0 saturated carbocycles. The van der Waals surface area contributed by atoms with Gasteiger partial charge in [0.25, 0.3) is 0 Å². The summed E-state index contributed by atoms with van der Waals surface area (Å²) in [6.45, 7) is 0. The highest BCUT2D eigenvalue weighted by Gasteiger charge is 2.40. The molecule has 0 spiro atoms. The van der Waals surface area contributed by atoms with Crippen LogP contribution in [0.2, 0.25) is 0 Å². The lowest BCUT2D eigenvalue weighted by Crippen LogP contribution is -2.39. The van der Waals surface area contributed by atoms with Gasteiger partial charge in [0.05, 0.1) is 23.2 Å². The Bertz CT molecular complexity index is 985. The van der Waals surface area contributed by atoms with E-state index in [1.54, 1.807) is 23.1 Å². The number of benzene rings is 1. The summed E-state index contributed by atoms with van der Waals surface area (Å²) >= 11 is 1.51. The molecule has 0 saturated heterocycles. The third kappa shape index (κ3) is 2.44. The Hall–Kier alpha value is -2.91. The standard InChI is InChI=1S/C20H16FN3OS/c21-14-4-1-2-5-15(14)24-16-6-3-7-17(25)19(16)18(12-8-9-26-11-12)13(10-22)20(24)23/h1-2,4-5,8-9,11,18H,3,6-7,23H2. The number of carbonyl (C=O) groups is 1. The number of hydrogen-bond acceptors (Lipinski definition) is 5. The number of nitriles is 1. The molecule has 26 heavy (non-hydrogen) atoms. The fourth-order valence-corrected chi connectivity index (χ4v) is 4.45. The van der Waals surface area contributed by atoms with Crippen molar-refractivity contribution >= 4 is 22.8 Å². The molecule has 0 fully saturated rings. The van der Waals surface area contributed by atoms with Crippen LogP contribution in [0.4, 0.5) is 10.1 Å². The Morgan fingerprint density at radius 1 is 1.27 bits per heavy atom. The van der Waals surface area contributed by atoms with E-state index in [4.69, 9.17) is 5.73 Å². The number of Topliss-reactive ketones (excluding diaryl/α,β-unsaturated/α-hetero) is 1. The zero-order valence-corrected chi connectivity index (χ0v) is 14.7. The molecule has 0 radical (unpaired) electrons. The fraction of sp³-hybridized carbons (Fsp3) is 0.200. The molecule has 2 N–H and O–H groups in total. The summed E-state index contributed by atoms with van der Waals surface area (Å²) in [5, 5.41) is 13.6. The number of hydrogen-bond donors (Lipinski definition) is 1. The molecule has 2 aliphatic rings. The predicted molar refractivity (Wildman–Crippen MR) is 98.6 cm³/mol. The van der Waals surface area contributed by atoms with E-state index in [1.165, 1.54) is 17.4 Å². The number of halogens is 1. The summed E-state index contributed by atoms with van der Waals surface area (Å²) in [5.41, 5.74) is 9.08. The SMILES string of the molecule is N#CC1=C(N)N(c2ccccc2F)C2=C(C(=O)CCC2)C1c1ccsc1. The van der Waals surface area contributed by atoms with Gasteiger partial charge in [-0.15, -0.1) is 0 Å². The van der Waals surface area contributed by atoms with Crippen molar-refractivity contribution in [3.8, 4) is 6.07 Å². The third-order valence-electron chi connectivity index (χ3n) is 4.88. The highest BCUT2D eigenvalue weighted by Crippen LogP contribution is 2.46. The number of ketones is 1. The van der Waals surface area contributed by atoms with E-state index in [0.29, 0.717) is 36.1 Å². The van der Waals surface area contributed by atoms with E-state index in [0.717, 1.165) is 5.56 Å². The number of para-hydroxylation sites is 1. The lowest BCUT2D eigenvalue weighted by Gasteiger charge is -2.39. The normalized spacial score (nSPS) is 20.2. The Morgan fingerprint density at radius 3 is 2.77 bits per heavy atom. The predicted octanol–water partition coefficient (Wildman–Crippen LogP) is 4.19. The number of thiophene rings is 1. The van der Waals surface area contributed by atoms with Crippen LogP contribution >= 0.6 is 11.3 Å². The topological polar surface area (TPSA) is 70.1 Å². The van der Waals surface area contributed by atoms with Gasteiger partial charge in [-0.25, -0.2) is 4.39 Å². The van der Waals surface area contributed by atoms with Crippen LogP contribution in [0.1, 0.15) is 30.7 Å². The zero-order valence-electron chi connectivity index (χ0n) is 13.9. The Balaban J connectivity index is 2.00. The summed E-state index contributed by atoms with van der Waals surface area (Å²) in [4.78, 5) is 14.4. The molecular formula is C20H16FN3OS. The van der Waals surface area contributed by atoms with Crippen molar-refractivity contribution in [2.75, 3.05) is 4.90 Å². The van der Waals surface area contributed by atoms with Crippen LogP contribution in [0.25, 0.3) is 0 Å². The number of allylic oxidation sites excluding steroid dienone is 3. The number of carbonyl (C=O) groups excluding carboxylic acids is 1. The van der Waals surface area contributed by atoms with Gasteiger partial charge in [0.2, 0.25) is 0 Å². The molecule has 1 atom stereocenters. The van der Waals surface area contributed by atoms with Gasteiger partial charge < -0.3 is 5.73 Å². The van der Waals surface area contributed by atoms with E-state index < -0.39 is 11.7 Å². The van der Waals surface area contributed by atoms with Crippen molar-refractivity contribution < 1.29 is 9.18 Å². The molecule has 1 aliphatic heterocycles. The van der Waals surface area contributed by atoms with E-state index in [1.807, 2.05) is 16.8 Å². The smallest absolute Gasteiger partial charge is 0.161 e. The van der Waals surface area contributed by atoms with E-state index in [2.05, 4.69) is 6.07 Å². The van der Waals surface area contributed by atoms with Crippen LogP contribution in [0.15, 0.2) is 63.8 Å². The van der Waals surface area contributed by atoms with Crippen LogP contribution in [0, 0.1) is 17.1 Å². The van der Waals surface area contributed by atoms with Crippen molar-refractivity contribution in [3.05, 3.63) is 75.1 Å². The van der Waals surface area contributed by atoms with Crippen molar-refractivity contribution in [1.82, 2.24) is 0 Å². The first-order chi connectivity index (χ1) is 12.6. The first-order valence-electron chi connectivity index (χ1n) is 8.36. The van der Waals surface area contributed by atoms with Gasteiger partial charge in [0.15, 0.2) is 5.78 Å². The average molecular weight is 365 g/mol. The average Bonchev–Trinajstić information content (AvgIpc) is 3.16. The summed E-state index contributed by atoms with van der Waals surface area (Å²) < 4.78 is 14.5. The van der Waals surface area contributed by atoms with Gasteiger partial charge in [0, 0.05) is 17.7 Å². The number of nitrogens with two attached hydrogens (primary N) is 1. The molecule has 4 rings (SSSR count). The van der Waals surface area contributed by atoms with Crippen LogP contribution in [-0.4, -0.2) is 5.78 Å². The van der Waals surface area contributed by atoms with Gasteiger partial charge in [-0.1, -0.05) is 12.1 Å². The largest absolute Gasteiger partial charge is 0.384 e. The van der Waals surface area contributed by atoms with Crippen LogP contribution < -0.4 is 10.6 Å². The van der Waals surface area contributed by atoms with Gasteiger partial charge in [-0.3, -0.25) is 9.69 Å². The van der Waals surface area contributed by atoms with Crippen molar-refractivity contribution in [2.45, 2.75) is 25.2 Å². The molecule has 2 heterocycles. The van der Waals surface area contributed by atoms with Crippen molar-refractivity contribution in [1.29, 1.82) is 5.26 Å². The van der Waals surface area contributed by atoms with Gasteiger partial charge in [-0.05, 0) is 47.4 Å². The second-order valence-electron chi connectivity index (χ2n) is 6.32. The minimum Gasteiger partial charge on any atom is -0.384 e. The third-order valence-corrected chi connectivity index (χ3v) is 5.58. The second-order valence-corrected chi connectivity index (χ2v) is 7.10. The second kappa shape index (κ2) is 6.43. The van der Waals surface area contributed by atoms with E-state index >= 15 is 0 Å². The van der Waals surface area contributed by atoms with E-state index in [-0.39, 0.29) is 17.3 Å². The summed E-state index contributed by atoms with van der Waals surface area (Å²) in [7, 11) is 0. The summed E-state index contributed by atoms with van der Waals surface area (Å²) in [5.74, 6) is -0.713. The summed E-state index contributed by atoms with van der Waals surface area (Å²) in [6.07, 6.45) is 1.74. The first kappa shape index (κ1) is 16.6. The number of rotatable bonds is 2. The zero-order chi connectivity index (χ0) is 18.3. The maximum Gasteiger partial charge on any atom is 0.161 e. The minimum absolute atomic E-state index is 0.00374. The molecule has 1 aliphatic carbocycles. The molecule has 1 aromatic heterocycles. The molecule has 0 bridgehead atoms. The van der Waals surface area contributed by atoms with Gasteiger partial charge in [0.1, 0.15) is 11.6 Å². The van der Waals surface area contributed by atoms with Crippen molar-refractivity contribution in [2.24, 2.45) is 5.73 Å². The molecule has 6 heteroatoms. The maximum absolute atomic E-state index is 14.5. The first-order valence-corrected chi connectivity index (χ1v) is 9.30. The lowest BCUT2D eigenvalue weighted by atomic mass is 9.76. The maximum atomic E-state index is 14.5. The highest BCUT2D eigenvalue weighted by atomic mass is 32.1. The molecule has 130 valence electrons. The molecule has 1 unspecified atom stereocenters. The number of nitrogens with zero attached hydrogens (tertiary/aromatic N) is 2. The molecule has 1 aromatic carbocycles. The Labute approximate surface area is 154 Å².